The Bertz CT molecular complexity index is 1330. The van der Waals surface area contributed by atoms with E-state index in [1.165, 1.54) is 0 Å². The van der Waals surface area contributed by atoms with Gasteiger partial charge in [-0.15, -0.1) is 0 Å². The number of amides is 1. The van der Waals surface area contributed by atoms with Crippen LogP contribution in [0.25, 0.3) is 5.76 Å². The molecule has 1 aromatic carbocycles. The van der Waals surface area contributed by atoms with Gasteiger partial charge in [-0.05, 0) is 35.8 Å². The van der Waals surface area contributed by atoms with Crippen molar-refractivity contribution in [2.45, 2.75) is 52.1 Å². The molecule has 0 aromatic heterocycles. The number of phenols is 1. The van der Waals surface area contributed by atoms with Crippen molar-refractivity contribution in [2.75, 3.05) is 19.0 Å². The monoisotopic (exact) mass is 512 g/mol. The highest BCUT2D eigenvalue weighted by atomic mass is 16.3. The van der Waals surface area contributed by atoms with E-state index in [2.05, 4.69) is 0 Å². The van der Waals surface area contributed by atoms with Crippen molar-refractivity contribution in [3.05, 3.63) is 39.7 Å². The Kier molecular flexibility index (Phi) is 6.02. The highest BCUT2D eigenvalue weighted by Crippen LogP contribution is 2.53. The topological polar surface area (TPSA) is 178 Å². The van der Waals surface area contributed by atoms with Gasteiger partial charge in [0, 0.05) is 44.1 Å². The van der Waals surface area contributed by atoms with Crippen LogP contribution in [-0.2, 0) is 20.8 Å². The molecule has 0 radical (unpaired) electrons. The van der Waals surface area contributed by atoms with Gasteiger partial charge in [-0.2, -0.15) is 0 Å². The Balaban J connectivity index is 1.95. The number of aliphatic hydroxyl groups excluding tert-OH is 2. The minimum Gasteiger partial charge on any atom is -0.508 e. The molecule has 1 amide bonds. The number of Topliss-reactive ketones (excluding diaryl/α,β-unsaturated/α-hetero) is 3. The summed E-state index contributed by atoms with van der Waals surface area (Å²) < 4.78 is 0. The first-order valence-electron chi connectivity index (χ1n) is 12.1. The average molecular weight is 513 g/mol. The number of nitrogens with zero attached hydrogens (tertiary/aromatic N) is 1. The standard InChI is InChI=1S/C27H32N2O8/c1-26(2,3)10-17(31)14-9-15(29(4)5)13-7-11-6-12-8-16(30)20(25(28)36)24(35)27(12,37)23(34)18(11)22(33)19(13)21(14)32/h9,11-12,32-33,35,37H,6-8,10H2,1-5H3,(H2,28,36). The number of aliphatic hydroxyl groups is 3. The van der Waals surface area contributed by atoms with Crippen LogP contribution >= 0.6 is 0 Å². The lowest BCUT2D eigenvalue weighted by atomic mass is 9.59. The second-order valence-electron chi connectivity index (χ2n) is 11.6. The molecule has 37 heavy (non-hydrogen) atoms. The normalized spacial score (nSPS) is 25.5. The number of anilines is 1. The van der Waals surface area contributed by atoms with Crippen molar-refractivity contribution in [3.63, 3.8) is 0 Å². The summed E-state index contributed by atoms with van der Waals surface area (Å²) in [6, 6.07) is 1.57. The van der Waals surface area contributed by atoms with Gasteiger partial charge >= 0.3 is 0 Å². The van der Waals surface area contributed by atoms with Gasteiger partial charge in [0.15, 0.2) is 17.2 Å². The van der Waals surface area contributed by atoms with Gasteiger partial charge in [0.05, 0.1) is 11.1 Å². The van der Waals surface area contributed by atoms with E-state index in [1.54, 1.807) is 25.1 Å². The third-order valence-corrected chi connectivity index (χ3v) is 7.51. The first-order valence-corrected chi connectivity index (χ1v) is 12.1. The van der Waals surface area contributed by atoms with E-state index in [4.69, 9.17) is 5.73 Å². The maximum atomic E-state index is 13.7. The van der Waals surface area contributed by atoms with Crippen LogP contribution in [0.15, 0.2) is 23.0 Å². The molecule has 3 aliphatic rings. The van der Waals surface area contributed by atoms with Crippen LogP contribution < -0.4 is 10.6 Å². The van der Waals surface area contributed by atoms with E-state index in [-0.39, 0.29) is 53.6 Å². The number of aromatic hydroxyl groups is 1. The van der Waals surface area contributed by atoms with Crippen LogP contribution in [0.1, 0.15) is 61.5 Å². The van der Waals surface area contributed by atoms with E-state index >= 15 is 0 Å². The molecule has 0 bridgehead atoms. The average Bonchev–Trinajstić information content (AvgIpc) is 2.74. The van der Waals surface area contributed by atoms with Crippen molar-refractivity contribution < 1.29 is 39.6 Å². The largest absolute Gasteiger partial charge is 0.508 e. The summed E-state index contributed by atoms with van der Waals surface area (Å²) in [4.78, 5) is 52.8. The number of hydrogen-bond acceptors (Lipinski definition) is 9. The molecule has 1 saturated carbocycles. The third kappa shape index (κ3) is 3.90. The Hall–Kier alpha value is -3.66. The lowest BCUT2D eigenvalue weighted by Crippen LogP contribution is -2.58. The predicted octanol–water partition coefficient (Wildman–Crippen LogP) is 2.11. The quantitative estimate of drug-likeness (QED) is 0.298. The summed E-state index contributed by atoms with van der Waals surface area (Å²) in [6.45, 7) is 5.64. The van der Waals surface area contributed by atoms with E-state index in [9.17, 15) is 39.6 Å². The first-order chi connectivity index (χ1) is 17.0. The number of phenolic OH excluding ortho intramolecular Hbond substituents is 1. The van der Waals surface area contributed by atoms with Crippen LogP contribution in [0, 0.1) is 17.3 Å². The molecule has 1 fully saturated rings. The predicted molar refractivity (Wildman–Crippen MR) is 134 cm³/mol. The Morgan fingerprint density at radius 2 is 1.76 bits per heavy atom. The van der Waals surface area contributed by atoms with Crippen LogP contribution in [0.3, 0.4) is 0 Å². The number of carbonyl (C=O) groups excluding carboxylic acids is 4. The minimum absolute atomic E-state index is 0.00941. The molecule has 3 aliphatic carbocycles. The Morgan fingerprint density at radius 3 is 2.30 bits per heavy atom. The summed E-state index contributed by atoms with van der Waals surface area (Å²) >= 11 is 0. The molecule has 0 spiro atoms. The van der Waals surface area contributed by atoms with Crippen LogP contribution in [-0.4, -0.2) is 63.4 Å². The molecule has 4 rings (SSSR count). The summed E-state index contributed by atoms with van der Waals surface area (Å²) in [7, 11) is 3.50. The summed E-state index contributed by atoms with van der Waals surface area (Å²) in [5.74, 6) is -7.35. The van der Waals surface area contributed by atoms with Crippen molar-refractivity contribution in [3.8, 4) is 5.75 Å². The highest BCUT2D eigenvalue weighted by molar-refractivity contribution is 6.22. The van der Waals surface area contributed by atoms with E-state index in [0.717, 1.165) is 0 Å². The Labute approximate surface area is 214 Å². The number of primary amides is 1. The van der Waals surface area contributed by atoms with Crippen LogP contribution in [0.5, 0.6) is 5.75 Å². The van der Waals surface area contributed by atoms with Crippen molar-refractivity contribution in [1.29, 1.82) is 0 Å². The molecular weight excluding hydrogens is 480 g/mol. The number of benzene rings is 1. The molecule has 198 valence electrons. The molecular formula is C27H32N2O8. The van der Waals surface area contributed by atoms with Crippen molar-refractivity contribution in [1.82, 2.24) is 0 Å². The Morgan fingerprint density at radius 1 is 1.14 bits per heavy atom. The van der Waals surface area contributed by atoms with Gasteiger partial charge < -0.3 is 31.1 Å². The fourth-order valence-corrected chi connectivity index (χ4v) is 5.86. The van der Waals surface area contributed by atoms with E-state index < -0.39 is 57.8 Å². The number of ketones is 3. The SMILES string of the molecule is CN(C)c1cc(C(=O)CC(C)(C)C)c(O)c2c1CC1CC3CC(=O)C(C(N)=O)=C(O)C3(O)C(=O)C1=C2O. The second-order valence-corrected chi connectivity index (χ2v) is 11.6. The molecule has 10 heteroatoms. The zero-order chi connectivity index (χ0) is 27.8. The van der Waals surface area contributed by atoms with Gasteiger partial charge in [0.25, 0.3) is 5.91 Å². The maximum absolute atomic E-state index is 13.7. The molecule has 1 aromatic rings. The summed E-state index contributed by atoms with van der Waals surface area (Å²) in [5, 5.41) is 44.6. The van der Waals surface area contributed by atoms with E-state index in [1.807, 2.05) is 20.8 Å². The molecule has 0 heterocycles. The zero-order valence-electron chi connectivity index (χ0n) is 21.5. The fraction of sp³-hybridized carbons (Fsp3) is 0.481. The maximum Gasteiger partial charge on any atom is 0.255 e. The first kappa shape index (κ1) is 26.4. The zero-order valence-corrected chi connectivity index (χ0v) is 21.5. The number of hydrogen-bond donors (Lipinski definition) is 5. The molecule has 3 unspecified atom stereocenters. The minimum atomic E-state index is -2.63. The van der Waals surface area contributed by atoms with Crippen molar-refractivity contribution >= 4 is 34.7 Å². The summed E-state index contributed by atoms with van der Waals surface area (Å²) in [6.07, 6.45) is -0.0480. The molecule has 0 aliphatic heterocycles. The second kappa shape index (κ2) is 8.44. The summed E-state index contributed by atoms with van der Waals surface area (Å²) in [5.41, 5.74) is 2.13. The van der Waals surface area contributed by atoms with Gasteiger partial charge in [0.2, 0.25) is 5.78 Å². The number of rotatable bonds is 4. The molecule has 0 saturated heterocycles. The third-order valence-electron chi connectivity index (χ3n) is 7.51. The van der Waals surface area contributed by atoms with Gasteiger partial charge in [0.1, 0.15) is 22.8 Å². The van der Waals surface area contributed by atoms with Gasteiger partial charge in [-0.1, -0.05) is 20.8 Å². The van der Waals surface area contributed by atoms with Crippen LogP contribution in [0.4, 0.5) is 5.69 Å². The highest BCUT2D eigenvalue weighted by Gasteiger charge is 2.60. The fourth-order valence-electron chi connectivity index (χ4n) is 5.86. The molecule has 10 nitrogen and oxygen atoms in total. The van der Waals surface area contributed by atoms with E-state index in [0.29, 0.717) is 11.3 Å². The van der Waals surface area contributed by atoms with Gasteiger partial charge in [-0.3, -0.25) is 19.2 Å². The van der Waals surface area contributed by atoms with Gasteiger partial charge in [-0.25, -0.2) is 0 Å². The number of fused-ring (bicyclic) bond motifs is 3. The smallest absolute Gasteiger partial charge is 0.255 e. The lowest BCUT2D eigenvalue weighted by Gasteiger charge is -2.46. The number of nitrogens with two attached hydrogens (primary N) is 1. The molecule has 6 N–H and O–H groups in total. The van der Waals surface area contributed by atoms with Crippen LogP contribution in [0.2, 0.25) is 0 Å². The molecule has 3 atom stereocenters. The lowest BCUT2D eigenvalue weighted by molar-refractivity contribution is -0.147. The number of carbonyl (C=O) groups is 4. The van der Waals surface area contributed by atoms with Crippen molar-refractivity contribution in [2.24, 2.45) is 23.0 Å².